The Bertz CT molecular complexity index is 655. The molecular formula is C17H17FN2O2. The van der Waals surface area contributed by atoms with Gasteiger partial charge in [0.05, 0.1) is 7.11 Å². The van der Waals surface area contributed by atoms with Crippen LogP contribution in [0.25, 0.3) is 0 Å². The number of methoxy groups -OCH3 is 1. The van der Waals surface area contributed by atoms with Crippen molar-refractivity contribution < 1.29 is 13.9 Å². The Morgan fingerprint density at radius 2 is 2.09 bits per heavy atom. The molecule has 114 valence electrons. The first-order valence-electron chi connectivity index (χ1n) is 7.19. The van der Waals surface area contributed by atoms with Crippen LogP contribution < -0.4 is 10.1 Å². The lowest BCUT2D eigenvalue weighted by molar-refractivity contribution is -0.122. The Balaban J connectivity index is 1.51. The molecule has 2 aromatic rings. The minimum Gasteiger partial charge on any atom is -0.481 e. The average molecular weight is 300 g/mol. The number of nitrogens with zero attached hydrogens (tertiary/aromatic N) is 1. The summed E-state index contributed by atoms with van der Waals surface area (Å²) in [6, 6.07) is 10.0. The van der Waals surface area contributed by atoms with Gasteiger partial charge in [0, 0.05) is 24.7 Å². The number of hydrogen-bond donors (Lipinski definition) is 1. The molecular weight excluding hydrogens is 283 g/mol. The number of halogens is 1. The van der Waals surface area contributed by atoms with Crippen LogP contribution in [-0.2, 0) is 11.3 Å². The van der Waals surface area contributed by atoms with Gasteiger partial charge in [0.25, 0.3) is 0 Å². The van der Waals surface area contributed by atoms with Gasteiger partial charge in [-0.25, -0.2) is 9.37 Å². The van der Waals surface area contributed by atoms with Crippen LogP contribution in [0.15, 0.2) is 42.6 Å². The van der Waals surface area contributed by atoms with Crippen LogP contribution in [0.4, 0.5) is 4.39 Å². The zero-order valence-corrected chi connectivity index (χ0v) is 12.3. The fourth-order valence-electron chi connectivity index (χ4n) is 2.52. The van der Waals surface area contributed by atoms with Crippen molar-refractivity contribution in [1.29, 1.82) is 0 Å². The molecule has 0 spiro atoms. The molecule has 1 heterocycles. The monoisotopic (exact) mass is 300 g/mol. The molecule has 3 rings (SSSR count). The van der Waals surface area contributed by atoms with Crippen LogP contribution in [0, 0.1) is 11.7 Å². The lowest BCUT2D eigenvalue weighted by Gasteiger charge is -2.06. The molecule has 1 aromatic heterocycles. The molecule has 5 heteroatoms. The molecule has 1 fully saturated rings. The van der Waals surface area contributed by atoms with E-state index in [4.69, 9.17) is 4.74 Å². The number of carbonyl (C=O) groups excluding carboxylic acids is 1. The molecule has 1 amide bonds. The van der Waals surface area contributed by atoms with Crippen molar-refractivity contribution >= 4 is 5.91 Å². The number of hydrogen-bond acceptors (Lipinski definition) is 3. The predicted octanol–water partition coefficient (Wildman–Crippen LogP) is 2.65. The molecule has 1 aliphatic rings. The van der Waals surface area contributed by atoms with Crippen LogP contribution >= 0.6 is 0 Å². The maximum absolute atomic E-state index is 12.9. The van der Waals surface area contributed by atoms with E-state index in [1.807, 2.05) is 6.07 Å². The van der Waals surface area contributed by atoms with Crippen molar-refractivity contribution in [2.75, 3.05) is 7.11 Å². The summed E-state index contributed by atoms with van der Waals surface area (Å²) < 4.78 is 17.9. The third kappa shape index (κ3) is 3.24. The number of benzene rings is 1. The van der Waals surface area contributed by atoms with Crippen molar-refractivity contribution in [3.05, 3.63) is 59.5 Å². The quantitative estimate of drug-likeness (QED) is 0.923. The van der Waals surface area contributed by atoms with Gasteiger partial charge in [-0.15, -0.1) is 0 Å². The summed E-state index contributed by atoms with van der Waals surface area (Å²) in [5.74, 6) is 0.516. The Labute approximate surface area is 128 Å². The fraction of sp³-hybridized carbons (Fsp3) is 0.294. The maximum Gasteiger partial charge on any atom is 0.224 e. The second-order valence-corrected chi connectivity index (χ2v) is 5.43. The highest BCUT2D eigenvalue weighted by atomic mass is 19.1. The van der Waals surface area contributed by atoms with E-state index in [0.29, 0.717) is 12.4 Å². The molecule has 0 aliphatic heterocycles. The van der Waals surface area contributed by atoms with Gasteiger partial charge < -0.3 is 10.1 Å². The number of amides is 1. The third-order valence-corrected chi connectivity index (χ3v) is 3.90. The molecule has 1 N–H and O–H groups in total. The second-order valence-electron chi connectivity index (χ2n) is 5.43. The van der Waals surface area contributed by atoms with E-state index >= 15 is 0 Å². The number of pyridine rings is 1. The molecule has 0 bridgehead atoms. The SMILES string of the molecule is COc1ccc(CNC(=O)[C@@H]2C[C@H]2c2ccc(F)cc2)cn1. The third-order valence-electron chi connectivity index (χ3n) is 3.90. The highest BCUT2D eigenvalue weighted by Crippen LogP contribution is 2.47. The van der Waals surface area contributed by atoms with Gasteiger partial charge in [0.1, 0.15) is 5.82 Å². The number of nitrogens with one attached hydrogen (secondary N) is 1. The molecule has 0 radical (unpaired) electrons. The van der Waals surface area contributed by atoms with E-state index in [-0.39, 0.29) is 23.6 Å². The van der Waals surface area contributed by atoms with E-state index in [9.17, 15) is 9.18 Å². The first-order valence-corrected chi connectivity index (χ1v) is 7.19. The van der Waals surface area contributed by atoms with Gasteiger partial charge in [-0.1, -0.05) is 18.2 Å². The smallest absolute Gasteiger partial charge is 0.224 e. The highest BCUT2D eigenvalue weighted by molar-refractivity contribution is 5.82. The maximum atomic E-state index is 12.9. The Morgan fingerprint density at radius 3 is 2.73 bits per heavy atom. The summed E-state index contributed by atoms with van der Waals surface area (Å²) in [7, 11) is 1.56. The number of carbonyl (C=O) groups is 1. The summed E-state index contributed by atoms with van der Waals surface area (Å²) in [5.41, 5.74) is 1.95. The molecule has 1 aliphatic carbocycles. The van der Waals surface area contributed by atoms with Crippen molar-refractivity contribution in [3.8, 4) is 5.88 Å². The minimum atomic E-state index is -0.252. The van der Waals surface area contributed by atoms with Crippen LogP contribution in [0.5, 0.6) is 5.88 Å². The zero-order valence-electron chi connectivity index (χ0n) is 12.3. The molecule has 1 aromatic carbocycles. The Kier molecular flexibility index (Phi) is 4.04. The summed E-state index contributed by atoms with van der Waals surface area (Å²) in [6.45, 7) is 0.447. The van der Waals surface area contributed by atoms with E-state index in [2.05, 4.69) is 10.3 Å². The average Bonchev–Trinajstić information content (AvgIpc) is 3.34. The van der Waals surface area contributed by atoms with E-state index in [1.165, 1.54) is 12.1 Å². The second kappa shape index (κ2) is 6.13. The topological polar surface area (TPSA) is 51.2 Å². The van der Waals surface area contributed by atoms with Crippen LogP contribution in [0.2, 0.25) is 0 Å². The Morgan fingerprint density at radius 1 is 1.32 bits per heavy atom. The van der Waals surface area contributed by atoms with Crippen LogP contribution in [-0.4, -0.2) is 18.0 Å². The fourth-order valence-corrected chi connectivity index (χ4v) is 2.52. The molecule has 4 nitrogen and oxygen atoms in total. The number of rotatable bonds is 5. The van der Waals surface area contributed by atoms with E-state index in [1.54, 1.807) is 31.5 Å². The van der Waals surface area contributed by atoms with Gasteiger partial charge in [0.15, 0.2) is 0 Å². The Hall–Kier alpha value is -2.43. The first-order chi connectivity index (χ1) is 10.7. The summed E-state index contributed by atoms with van der Waals surface area (Å²) >= 11 is 0. The van der Waals surface area contributed by atoms with Gasteiger partial charge in [0.2, 0.25) is 11.8 Å². The number of aromatic nitrogens is 1. The molecule has 1 saturated carbocycles. The summed E-state index contributed by atoms with van der Waals surface area (Å²) in [4.78, 5) is 16.2. The summed E-state index contributed by atoms with van der Waals surface area (Å²) in [6.07, 6.45) is 2.50. The normalized spacial score (nSPS) is 19.5. The van der Waals surface area contributed by atoms with Crippen molar-refractivity contribution in [3.63, 3.8) is 0 Å². The molecule has 0 unspecified atom stereocenters. The molecule has 22 heavy (non-hydrogen) atoms. The van der Waals surface area contributed by atoms with Gasteiger partial charge in [-0.2, -0.15) is 0 Å². The highest BCUT2D eigenvalue weighted by Gasteiger charge is 2.43. The minimum absolute atomic E-state index is 0.0170. The summed E-state index contributed by atoms with van der Waals surface area (Å²) in [5, 5.41) is 2.92. The predicted molar refractivity (Wildman–Crippen MR) is 79.9 cm³/mol. The van der Waals surface area contributed by atoms with E-state index < -0.39 is 0 Å². The van der Waals surface area contributed by atoms with Crippen molar-refractivity contribution in [2.24, 2.45) is 5.92 Å². The molecule has 0 saturated heterocycles. The van der Waals surface area contributed by atoms with Gasteiger partial charge >= 0.3 is 0 Å². The largest absolute Gasteiger partial charge is 0.481 e. The van der Waals surface area contributed by atoms with Crippen LogP contribution in [0.3, 0.4) is 0 Å². The zero-order chi connectivity index (χ0) is 15.5. The van der Waals surface area contributed by atoms with Gasteiger partial charge in [-0.3, -0.25) is 4.79 Å². The van der Waals surface area contributed by atoms with Crippen LogP contribution in [0.1, 0.15) is 23.5 Å². The van der Waals surface area contributed by atoms with E-state index in [0.717, 1.165) is 17.5 Å². The van der Waals surface area contributed by atoms with Gasteiger partial charge in [-0.05, 0) is 35.6 Å². The lowest BCUT2D eigenvalue weighted by Crippen LogP contribution is -2.24. The van der Waals surface area contributed by atoms with Crippen molar-refractivity contribution in [1.82, 2.24) is 10.3 Å². The van der Waals surface area contributed by atoms with Crippen molar-refractivity contribution in [2.45, 2.75) is 18.9 Å². The standard InChI is InChI=1S/C17H17FN2O2/c1-22-16-7-2-11(9-19-16)10-20-17(21)15-8-14(15)12-3-5-13(18)6-4-12/h2-7,9,14-15H,8,10H2,1H3,(H,20,21)/t14-,15+/m0/s1. The molecule has 2 atom stereocenters. The number of ether oxygens (including phenoxy) is 1. The first kappa shape index (κ1) is 14.5. The lowest BCUT2D eigenvalue weighted by atomic mass is 10.1.